The molecule has 2 N–H and O–H groups in total. The molecule has 0 aromatic rings. The summed E-state index contributed by atoms with van der Waals surface area (Å²) in [5.74, 6) is -0.0405. The number of hydrogen-bond acceptors (Lipinski definition) is 3. The van der Waals surface area contributed by atoms with Gasteiger partial charge in [0.25, 0.3) is 0 Å². The predicted molar refractivity (Wildman–Crippen MR) is 60.9 cm³/mol. The number of hydrogen-bond donors (Lipinski definition) is 2. The van der Waals surface area contributed by atoms with E-state index in [-0.39, 0.29) is 5.57 Å². The van der Waals surface area contributed by atoms with Crippen LogP contribution in [0, 0.1) is 0 Å². The maximum atomic E-state index is 11.2. The van der Waals surface area contributed by atoms with Crippen LogP contribution in [0.25, 0.3) is 0 Å². The third-order valence-corrected chi connectivity index (χ3v) is 2.64. The molecule has 0 unspecified atom stereocenters. The number of ether oxygens (including phenoxy) is 1. The Morgan fingerprint density at radius 2 is 1.94 bits per heavy atom. The Morgan fingerprint density at radius 1 is 1.31 bits per heavy atom. The normalized spacial score (nSPS) is 12.6. The van der Waals surface area contributed by atoms with Crippen LogP contribution in [0.3, 0.4) is 0 Å². The van der Waals surface area contributed by atoms with Gasteiger partial charge >= 0.3 is 13.6 Å². The van der Waals surface area contributed by atoms with Gasteiger partial charge in [0.15, 0.2) is 0 Å². The number of esters is 1. The van der Waals surface area contributed by atoms with Crippen LogP contribution in [0.4, 0.5) is 0 Å². The van der Waals surface area contributed by atoms with Gasteiger partial charge in [-0.25, -0.2) is 4.79 Å². The molecule has 0 atom stereocenters. The van der Waals surface area contributed by atoms with Crippen molar-refractivity contribution in [3.8, 4) is 0 Å². The second-order valence-corrected chi connectivity index (χ2v) is 5.03. The Kier molecular flexibility index (Phi) is 7.30. The summed E-state index contributed by atoms with van der Waals surface area (Å²) in [6.07, 6.45) is 3.97. The van der Waals surface area contributed by atoms with Crippen LogP contribution in [-0.4, -0.2) is 22.4 Å². The van der Waals surface area contributed by atoms with Crippen LogP contribution in [-0.2, 0) is 14.1 Å². The van der Waals surface area contributed by atoms with E-state index >= 15 is 0 Å². The highest BCUT2D eigenvalue weighted by Gasteiger charge is 2.13. The van der Waals surface area contributed by atoms with Crippen molar-refractivity contribution in [1.82, 2.24) is 0 Å². The quantitative estimate of drug-likeness (QED) is 0.313. The smallest absolute Gasteiger partial charge is 0.349 e. The third-order valence-electron chi connectivity index (χ3n) is 1.91. The first kappa shape index (κ1) is 15.4. The summed E-state index contributed by atoms with van der Waals surface area (Å²) >= 11 is 0. The van der Waals surface area contributed by atoms with E-state index in [9.17, 15) is 9.36 Å². The molecule has 0 amide bonds. The second-order valence-electron chi connectivity index (χ2n) is 3.60. The molecule has 0 radical (unpaired) electrons. The number of rotatable bonds is 7. The topological polar surface area (TPSA) is 83.8 Å². The molecule has 0 bridgehead atoms. The molecule has 0 heterocycles. The molecule has 0 spiro atoms. The Hall–Kier alpha value is -0.640. The second kappa shape index (κ2) is 7.60. The highest BCUT2D eigenvalue weighted by Crippen LogP contribution is 2.37. The molecular weight excluding hydrogens is 231 g/mol. The van der Waals surface area contributed by atoms with Crippen LogP contribution in [0.2, 0.25) is 0 Å². The summed E-state index contributed by atoms with van der Waals surface area (Å²) < 4.78 is 15.4. The van der Waals surface area contributed by atoms with E-state index < -0.39 is 13.6 Å². The van der Waals surface area contributed by atoms with Crippen LogP contribution >= 0.6 is 7.60 Å². The van der Waals surface area contributed by atoms with Crippen LogP contribution in [0.5, 0.6) is 0 Å². The lowest BCUT2D eigenvalue weighted by atomic mass is 10.2. The fraction of sp³-hybridized carbons (Fsp3) is 0.700. The van der Waals surface area contributed by atoms with Gasteiger partial charge in [0, 0.05) is 11.4 Å². The minimum absolute atomic E-state index is 0.0520. The Labute approximate surface area is 95.7 Å². The van der Waals surface area contributed by atoms with Crippen molar-refractivity contribution in [2.45, 2.75) is 39.5 Å². The Bertz CT molecular complexity index is 292. The van der Waals surface area contributed by atoms with Crippen molar-refractivity contribution in [3.63, 3.8) is 0 Å². The first-order chi connectivity index (χ1) is 7.37. The largest absolute Gasteiger partial charge is 0.462 e. The highest BCUT2D eigenvalue weighted by molar-refractivity contribution is 7.55. The summed E-state index contributed by atoms with van der Waals surface area (Å²) in [5, 5.41) is 0. The van der Waals surface area contributed by atoms with E-state index in [4.69, 9.17) is 14.5 Å². The molecule has 0 aliphatic rings. The summed E-state index contributed by atoms with van der Waals surface area (Å²) in [5.41, 5.74) is -0.0520. The SMILES string of the molecule is CCCCCCOC(=O)C(C)=CP(=O)(O)O. The van der Waals surface area contributed by atoms with Crippen molar-refractivity contribution in [3.05, 3.63) is 11.4 Å². The number of carbonyl (C=O) groups excluding carboxylic acids is 1. The van der Waals surface area contributed by atoms with Crippen molar-refractivity contribution >= 4 is 13.6 Å². The van der Waals surface area contributed by atoms with Gasteiger partial charge in [-0.2, -0.15) is 0 Å². The molecule has 0 saturated carbocycles. The van der Waals surface area contributed by atoms with Gasteiger partial charge in [-0.15, -0.1) is 0 Å². The molecular formula is C10H19O5P. The molecule has 0 aliphatic carbocycles. The third kappa shape index (κ3) is 8.65. The molecule has 5 nitrogen and oxygen atoms in total. The molecule has 0 fully saturated rings. The van der Waals surface area contributed by atoms with Gasteiger partial charge in [0.05, 0.1) is 6.61 Å². The van der Waals surface area contributed by atoms with E-state index in [0.717, 1.165) is 25.7 Å². The molecule has 6 heteroatoms. The van der Waals surface area contributed by atoms with E-state index in [2.05, 4.69) is 6.92 Å². The minimum Gasteiger partial charge on any atom is -0.462 e. The zero-order valence-corrected chi connectivity index (χ0v) is 10.6. The van der Waals surface area contributed by atoms with E-state index in [1.54, 1.807) is 0 Å². The lowest BCUT2D eigenvalue weighted by molar-refractivity contribution is -0.139. The van der Waals surface area contributed by atoms with Gasteiger partial charge < -0.3 is 14.5 Å². The van der Waals surface area contributed by atoms with Gasteiger partial charge in [-0.3, -0.25) is 4.57 Å². The Balaban J connectivity index is 3.90. The first-order valence-corrected chi connectivity index (χ1v) is 6.97. The molecule has 0 rings (SSSR count). The fourth-order valence-electron chi connectivity index (χ4n) is 1.11. The molecule has 16 heavy (non-hydrogen) atoms. The minimum atomic E-state index is -4.29. The lowest BCUT2D eigenvalue weighted by Gasteiger charge is -2.05. The Morgan fingerprint density at radius 3 is 2.44 bits per heavy atom. The number of carbonyl (C=O) groups is 1. The summed E-state index contributed by atoms with van der Waals surface area (Å²) in [6, 6.07) is 0. The predicted octanol–water partition coefficient (Wildman–Crippen LogP) is 2.19. The van der Waals surface area contributed by atoms with Crippen molar-refractivity contribution in [2.24, 2.45) is 0 Å². The van der Waals surface area contributed by atoms with Crippen molar-refractivity contribution < 1.29 is 23.9 Å². The summed E-state index contributed by atoms with van der Waals surface area (Å²) in [7, 11) is -4.29. The zero-order valence-electron chi connectivity index (χ0n) is 9.68. The summed E-state index contributed by atoms with van der Waals surface area (Å²) in [6.45, 7) is 3.71. The highest BCUT2D eigenvalue weighted by atomic mass is 31.2. The van der Waals surface area contributed by atoms with E-state index in [0.29, 0.717) is 12.4 Å². The average molecular weight is 250 g/mol. The first-order valence-electron chi connectivity index (χ1n) is 5.28. The van der Waals surface area contributed by atoms with E-state index in [1.807, 2.05) is 0 Å². The van der Waals surface area contributed by atoms with Gasteiger partial charge in [-0.1, -0.05) is 26.2 Å². The average Bonchev–Trinajstić information content (AvgIpc) is 2.14. The summed E-state index contributed by atoms with van der Waals surface area (Å²) in [4.78, 5) is 28.4. The van der Waals surface area contributed by atoms with E-state index in [1.165, 1.54) is 6.92 Å². The molecule has 0 aliphatic heterocycles. The number of unbranched alkanes of at least 4 members (excludes halogenated alkanes) is 3. The monoisotopic (exact) mass is 250 g/mol. The maximum absolute atomic E-state index is 11.2. The van der Waals surface area contributed by atoms with Crippen LogP contribution < -0.4 is 0 Å². The van der Waals surface area contributed by atoms with Gasteiger partial charge in [-0.05, 0) is 13.3 Å². The molecule has 94 valence electrons. The van der Waals surface area contributed by atoms with Crippen molar-refractivity contribution in [1.29, 1.82) is 0 Å². The van der Waals surface area contributed by atoms with Crippen LogP contribution in [0.1, 0.15) is 39.5 Å². The molecule has 0 saturated heterocycles. The van der Waals surface area contributed by atoms with Gasteiger partial charge in [0.2, 0.25) is 0 Å². The fourth-order valence-corrected chi connectivity index (χ4v) is 1.72. The molecule has 0 aromatic heterocycles. The van der Waals surface area contributed by atoms with Gasteiger partial charge in [0.1, 0.15) is 0 Å². The molecule has 0 aromatic carbocycles. The van der Waals surface area contributed by atoms with Crippen LogP contribution in [0.15, 0.2) is 11.4 Å². The zero-order chi connectivity index (χ0) is 12.6. The van der Waals surface area contributed by atoms with Crippen molar-refractivity contribution in [2.75, 3.05) is 6.61 Å². The standard InChI is InChI=1S/C10H19O5P/c1-3-4-5-6-7-15-10(11)9(2)8-16(12,13)14/h8H,3-7H2,1-2H3,(H2,12,13,14). The lowest BCUT2D eigenvalue weighted by Crippen LogP contribution is -2.07. The maximum Gasteiger partial charge on any atom is 0.349 e.